The van der Waals surface area contributed by atoms with E-state index >= 15 is 0 Å². The molecule has 6 rings (SSSR count). The van der Waals surface area contributed by atoms with E-state index in [0.717, 1.165) is 62.6 Å². The number of piperidine rings is 1. The molecule has 190 valence electrons. The Labute approximate surface area is 210 Å². The van der Waals surface area contributed by atoms with Crippen LogP contribution in [0.3, 0.4) is 0 Å². The highest BCUT2D eigenvalue weighted by Crippen LogP contribution is 2.44. The minimum absolute atomic E-state index is 0.107. The van der Waals surface area contributed by atoms with Gasteiger partial charge in [0.05, 0.1) is 24.8 Å². The number of hydrogen-bond acceptors (Lipinski definition) is 6. The lowest BCUT2D eigenvalue weighted by Crippen LogP contribution is -2.52. The number of aromatic nitrogens is 2. The average molecular weight is 492 g/mol. The summed E-state index contributed by atoms with van der Waals surface area (Å²) in [5.74, 6) is 1.85. The van der Waals surface area contributed by atoms with Crippen molar-refractivity contribution in [3.8, 4) is 11.5 Å². The van der Waals surface area contributed by atoms with Gasteiger partial charge in [-0.1, -0.05) is 24.3 Å². The summed E-state index contributed by atoms with van der Waals surface area (Å²) < 4.78 is 13.8. The standard InChI is InChI=1S/C27H33N5O4/c1-30-17-21(19-9-10-28-23(19)26(30)33)20-7-8-22-24(25(20)36-18-5-3-2-4-6-18)29-27(34)32(22)12-11-31-13-15-35-16-14-31/h2-8,19,21,23,28H,9-17H2,1H3,(H,29,34). The number of morpholine rings is 1. The summed E-state index contributed by atoms with van der Waals surface area (Å²) in [4.78, 5) is 33.2. The van der Waals surface area contributed by atoms with Crippen molar-refractivity contribution in [1.29, 1.82) is 0 Å². The largest absolute Gasteiger partial charge is 0.455 e. The third kappa shape index (κ3) is 4.21. The van der Waals surface area contributed by atoms with E-state index in [1.165, 1.54) is 0 Å². The molecule has 1 amide bonds. The molecule has 3 fully saturated rings. The van der Waals surface area contributed by atoms with Crippen LogP contribution in [-0.4, -0.2) is 84.3 Å². The number of H-pyrrole nitrogens is 1. The molecule has 2 aromatic carbocycles. The van der Waals surface area contributed by atoms with Gasteiger partial charge in [0.2, 0.25) is 5.91 Å². The normalized spacial score (nSPS) is 24.9. The Kier molecular flexibility index (Phi) is 6.29. The minimum Gasteiger partial charge on any atom is -0.455 e. The Morgan fingerprint density at radius 2 is 1.86 bits per heavy atom. The molecule has 0 radical (unpaired) electrons. The number of imidazole rings is 1. The number of ether oxygens (including phenoxy) is 2. The van der Waals surface area contributed by atoms with Crippen LogP contribution in [0.2, 0.25) is 0 Å². The molecule has 3 aromatic rings. The highest BCUT2D eigenvalue weighted by atomic mass is 16.5. The summed E-state index contributed by atoms with van der Waals surface area (Å²) in [6.07, 6.45) is 0.939. The molecule has 3 aliphatic heterocycles. The van der Waals surface area contributed by atoms with Crippen molar-refractivity contribution < 1.29 is 14.3 Å². The maximum absolute atomic E-state index is 13.1. The van der Waals surface area contributed by atoms with Gasteiger partial charge in [0.25, 0.3) is 0 Å². The van der Waals surface area contributed by atoms with Crippen molar-refractivity contribution in [3.63, 3.8) is 0 Å². The Hall–Kier alpha value is -3.14. The zero-order chi connectivity index (χ0) is 24.6. The molecule has 3 atom stereocenters. The number of fused-ring (bicyclic) bond motifs is 2. The fraction of sp³-hybridized carbons (Fsp3) is 0.481. The van der Waals surface area contributed by atoms with Crippen LogP contribution in [0.5, 0.6) is 11.5 Å². The quantitative estimate of drug-likeness (QED) is 0.548. The van der Waals surface area contributed by atoms with Crippen LogP contribution in [0.15, 0.2) is 47.3 Å². The first-order chi connectivity index (χ1) is 17.6. The van der Waals surface area contributed by atoms with Crippen molar-refractivity contribution >= 4 is 16.9 Å². The summed E-state index contributed by atoms with van der Waals surface area (Å²) in [6, 6.07) is 13.6. The molecule has 0 spiro atoms. The zero-order valence-electron chi connectivity index (χ0n) is 20.6. The molecule has 9 nitrogen and oxygen atoms in total. The molecule has 3 unspecified atom stereocenters. The summed E-state index contributed by atoms with van der Waals surface area (Å²) in [5, 5.41) is 3.40. The van der Waals surface area contributed by atoms with Crippen LogP contribution in [0.1, 0.15) is 17.9 Å². The van der Waals surface area contributed by atoms with Gasteiger partial charge in [0.1, 0.15) is 11.3 Å². The number of nitrogens with one attached hydrogen (secondary N) is 2. The molecular formula is C27H33N5O4. The number of carbonyl (C=O) groups excluding carboxylic acids is 1. The summed E-state index contributed by atoms with van der Waals surface area (Å²) in [7, 11) is 1.87. The van der Waals surface area contributed by atoms with Crippen LogP contribution < -0.4 is 15.7 Å². The number of benzene rings is 2. The highest BCUT2D eigenvalue weighted by molar-refractivity contribution is 5.86. The maximum atomic E-state index is 13.1. The second-order valence-electron chi connectivity index (χ2n) is 10.0. The fourth-order valence-electron chi connectivity index (χ4n) is 6.03. The topological polar surface area (TPSA) is 91.8 Å². The van der Waals surface area contributed by atoms with Gasteiger partial charge in [-0.3, -0.25) is 14.3 Å². The number of para-hydroxylation sites is 1. The third-order valence-electron chi connectivity index (χ3n) is 7.94. The summed E-state index contributed by atoms with van der Waals surface area (Å²) >= 11 is 0. The number of rotatable bonds is 6. The summed E-state index contributed by atoms with van der Waals surface area (Å²) in [6.45, 7) is 6.07. The van der Waals surface area contributed by atoms with E-state index in [0.29, 0.717) is 24.4 Å². The van der Waals surface area contributed by atoms with E-state index in [1.807, 2.05) is 52.9 Å². The molecule has 36 heavy (non-hydrogen) atoms. The molecule has 9 heteroatoms. The number of likely N-dealkylation sites (tertiary alicyclic amines) is 1. The molecule has 1 aromatic heterocycles. The molecule has 2 N–H and O–H groups in total. The fourth-order valence-corrected chi connectivity index (χ4v) is 6.03. The van der Waals surface area contributed by atoms with Crippen LogP contribution in [0, 0.1) is 5.92 Å². The van der Waals surface area contributed by atoms with Crippen LogP contribution in [-0.2, 0) is 16.1 Å². The molecular weight excluding hydrogens is 458 g/mol. The number of aromatic amines is 1. The Morgan fingerprint density at radius 3 is 2.67 bits per heavy atom. The van der Waals surface area contributed by atoms with Gasteiger partial charge in [-0.15, -0.1) is 0 Å². The SMILES string of the molecule is CN1CC(c2ccc3c([nH]c(=O)n3CCN3CCOCC3)c2Oc2ccccc2)C2CCNC2C1=O. The average Bonchev–Trinajstić information content (AvgIpc) is 3.51. The Morgan fingerprint density at radius 1 is 1.06 bits per heavy atom. The monoisotopic (exact) mass is 491 g/mol. The number of carbonyl (C=O) groups is 1. The zero-order valence-corrected chi connectivity index (χ0v) is 20.6. The second-order valence-corrected chi connectivity index (χ2v) is 10.0. The van der Waals surface area contributed by atoms with E-state index in [1.54, 1.807) is 0 Å². The van der Waals surface area contributed by atoms with Gasteiger partial charge < -0.3 is 24.7 Å². The first kappa shape index (κ1) is 23.3. The first-order valence-corrected chi connectivity index (χ1v) is 12.9. The number of hydrogen-bond donors (Lipinski definition) is 2. The first-order valence-electron chi connectivity index (χ1n) is 12.9. The molecule has 4 heterocycles. The molecule has 0 bridgehead atoms. The Bertz CT molecular complexity index is 1300. The van der Waals surface area contributed by atoms with E-state index in [4.69, 9.17) is 9.47 Å². The highest BCUT2D eigenvalue weighted by Gasteiger charge is 2.45. The van der Waals surface area contributed by atoms with E-state index in [9.17, 15) is 9.59 Å². The number of amides is 1. The van der Waals surface area contributed by atoms with Gasteiger partial charge in [-0.25, -0.2) is 4.79 Å². The van der Waals surface area contributed by atoms with Crippen molar-refractivity contribution in [2.24, 2.45) is 5.92 Å². The molecule has 3 saturated heterocycles. The van der Waals surface area contributed by atoms with Crippen LogP contribution >= 0.6 is 0 Å². The van der Waals surface area contributed by atoms with E-state index in [2.05, 4.69) is 21.3 Å². The van der Waals surface area contributed by atoms with Crippen LogP contribution in [0.25, 0.3) is 11.0 Å². The van der Waals surface area contributed by atoms with Crippen molar-refractivity contribution in [3.05, 3.63) is 58.5 Å². The van der Waals surface area contributed by atoms with Crippen molar-refractivity contribution in [2.75, 3.05) is 53.0 Å². The minimum atomic E-state index is -0.175. The molecule has 3 aliphatic rings. The lowest BCUT2D eigenvalue weighted by molar-refractivity contribution is -0.136. The van der Waals surface area contributed by atoms with E-state index in [-0.39, 0.29) is 29.5 Å². The lowest BCUT2D eigenvalue weighted by atomic mass is 9.77. The smallest absolute Gasteiger partial charge is 0.326 e. The predicted molar refractivity (Wildman–Crippen MR) is 137 cm³/mol. The van der Waals surface area contributed by atoms with Gasteiger partial charge >= 0.3 is 5.69 Å². The summed E-state index contributed by atoms with van der Waals surface area (Å²) in [5.41, 5.74) is 2.45. The Balaban J connectivity index is 1.41. The van der Waals surface area contributed by atoms with Gasteiger partial charge in [-0.05, 0) is 37.1 Å². The third-order valence-corrected chi connectivity index (χ3v) is 7.94. The van der Waals surface area contributed by atoms with E-state index < -0.39 is 0 Å². The number of nitrogens with zero attached hydrogens (tertiary/aromatic N) is 3. The maximum Gasteiger partial charge on any atom is 0.326 e. The number of likely N-dealkylation sites (N-methyl/N-ethyl adjacent to an activating group) is 1. The van der Waals surface area contributed by atoms with Gasteiger partial charge in [0, 0.05) is 51.3 Å². The second kappa shape index (κ2) is 9.72. The lowest BCUT2D eigenvalue weighted by Gasteiger charge is -2.39. The van der Waals surface area contributed by atoms with Crippen molar-refractivity contribution in [2.45, 2.75) is 24.9 Å². The van der Waals surface area contributed by atoms with Crippen molar-refractivity contribution in [1.82, 2.24) is 24.7 Å². The predicted octanol–water partition coefficient (Wildman–Crippen LogP) is 1.99. The van der Waals surface area contributed by atoms with Crippen LogP contribution in [0.4, 0.5) is 0 Å². The molecule has 0 aliphatic carbocycles. The molecule has 0 saturated carbocycles. The van der Waals surface area contributed by atoms with Gasteiger partial charge in [0.15, 0.2) is 5.75 Å². The van der Waals surface area contributed by atoms with Gasteiger partial charge in [-0.2, -0.15) is 0 Å².